The maximum absolute atomic E-state index is 12.5. The zero-order chi connectivity index (χ0) is 23.6. The molecule has 2 fully saturated rings. The molecular weight excluding hydrogens is 428 g/mol. The van der Waals surface area contributed by atoms with E-state index in [0.29, 0.717) is 25.7 Å². The third-order valence-electron chi connectivity index (χ3n) is 6.50. The number of hydrogen-bond acceptors (Lipinski definition) is 4. The monoisotopic (exact) mass is 462 g/mol. The summed E-state index contributed by atoms with van der Waals surface area (Å²) < 4.78 is 5.77. The van der Waals surface area contributed by atoms with Crippen LogP contribution in [-0.4, -0.2) is 47.0 Å². The first-order chi connectivity index (χ1) is 16.7. The van der Waals surface area contributed by atoms with Gasteiger partial charge in [-0.1, -0.05) is 37.5 Å². The lowest BCUT2D eigenvalue weighted by atomic mass is 9.95. The third kappa shape index (κ3) is 7.33. The van der Waals surface area contributed by atoms with Crippen molar-refractivity contribution in [2.45, 2.75) is 63.6 Å². The van der Waals surface area contributed by atoms with Crippen LogP contribution < -0.4 is 15.4 Å². The molecule has 0 radical (unpaired) electrons. The summed E-state index contributed by atoms with van der Waals surface area (Å²) >= 11 is 0. The Morgan fingerprint density at radius 1 is 0.971 bits per heavy atom. The van der Waals surface area contributed by atoms with E-state index in [-0.39, 0.29) is 18.0 Å². The molecule has 1 saturated carbocycles. The number of nitrogens with one attached hydrogen (secondary N) is 2. The molecule has 0 spiro atoms. The second-order valence-corrected chi connectivity index (χ2v) is 9.11. The Labute approximate surface area is 201 Å². The molecule has 1 aliphatic heterocycles. The fourth-order valence-corrected chi connectivity index (χ4v) is 4.49. The fourth-order valence-electron chi connectivity index (χ4n) is 4.49. The predicted molar refractivity (Wildman–Crippen MR) is 132 cm³/mol. The molecule has 2 aliphatic rings. The molecular formula is C27H34N4O3. The minimum absolute atomic E-state index is 0.0458. The minimum atomic E-state index is -0.109. The molecule has 1 aromatic carbocycles. The molecule has 2 N–H and O–H groups in total. The first kappa shape index (κ1) is 23.8. The highest BCUT2D eigenvalue weighted by molar-refractivity contribution is 5.91. The van der Waals surface area contributed by atoms with Crippen molar-refractivity contribution in [2.24, 2.45) is 0 Å². The van der Waals surface area contributed by atoms with Gasteiger partial charge in [0.15, 0.2) is 0 Å². The maximum atomic E-state index is 12.5. The van der Waals surface area contributed by atoms with Crippen LogP contribution in [0.5, 0.6) is 5.75 Å². The van der Waals surface area contributed by atoms with Crippen LogP contribution in [-0.2, 0) is 11.4 Å². The lowest BCUT2D eigenvalue weighted by Gasteiger charge is -2.34. The van der Waals surface area contributed by atoms with Gasteiger partial charge in [0.25, 0.3) is 0 Å². The van der Waals surface area contributed by atoms with E-state index in [9.17, 15) is 9.59 Å². The van der Waals surface area contributed by atoms with Crippen LogP contribution in [0.3, 0.4) is 0 Å². The van der Waals surface area contributed by atoms with Gasteiger partial charge in [0.1, 0.15) is 12.4 Å². The first-order valence-corrected chi connectivity index (χ1v) is 12.3. The number of nitrogens with zero attached hydrogens (tertiary/aromatic N) is 2. The van der Waals surface area contributed by atoms with Gasteiger partial charge in [0.2, 0.25) is 5.91 Å². The Kier molecular flexibility index (Phi) is 8.54. The van der Waals surface area contributed by atoms with Crippen LogP contribution >= 0.6 is 0 Å². The van der Waals surface area contributed by atoms with E-state index in [4.69, 9.17) is 4.74 Å². The Balaban J connectivity index is 1.16. The van der Waals surface area contributed by atoms with Crippen LogP contribution in [0.25, 0.3) is 6.08 Å². The van der Waals surface area contributed by atoms with Crippen molar-refractivity contribution in [1.82, 2.24) is 20.5 Å². The number of carbonyl (C=O) groups is 2. The number of aromatic nitrogens is 1. The molecule has 1 aliphatic carbocycles. The molecule has 1 aromatic heterocycles. The molecule has 7 nitrogen and oxygen atoms in total. The summed E-state index contributed by atoms with van der Waals surface area (Å²) in [4.78, 5) is 30.8. The average molecular weight is 463 g/mol. The minimum Gasteiger partial charge on any atom is -0.489 e. The van der Waals surface area contributed by atoms with Gasteiger partial charge in [0.05, 0.1) is 0 Å². The molecule has 1 saturated heterocycles. The number of amides is 3. The molecule has 180 valence electrons. The number of hydrogen-bond donors (Lipinski definition) is 2. The van der Waals surface area contributed by atoms with Crippen molar-refractivity contribution < 1.29 is 14.3 Å². The summed E-state index contributed by atoms with van der Waals surface area (Å²) in [7, 11) is 0. The Bertz CT molecular complexity index is 948. The number of ether oxygens (including phenoxy) is 1. The Hall–Kier alpha value is -3.35. The van der Waals surface area contributed by atoms with Crippen LogP contribution in [0.1, 0.15) is 56.1 Å². The highest BCUT2D eigenvalue weighted by Gasteiger charge is 2.25. The molecule has 0 atom stereocenters. The van der Waals surface area contributed by atoms with Crippen molar-refractivity contribution in [1.29, 1.82) is 0 Å². The summed E-state index contributed by atoms with van der Waals surface area (Å²) in [5.74, 6) is 0.659. The summed E-state index contributed by atoms with van der Waals surface area (Å²) in [6, 6.07) is 11.9. The molecule has 2 aromatic rings. The number of likely N-dealkylation sites (tertiary alicyclic amines) is 1. The SMILES string of the molecule is O=C(/C=C/c1ccc(OCc2cccnc2)cc1)NC1CCN(C(=O)NC2CCCCC2)CC1. The second kappa shape index (κ2) is 12.2. The molecule has 4 rings (SSSR count). The summed E-state index contributed by atoms with van der Waals surface area (Å²) in [5, 5.41) is 6.24. The standard InChI is InChI=1S/C27H34N4O3/c32-26(13-10-21-8-11-25(12-9-21)34-20-22-5-4-16-28-19-22)29-24-14-17-31(18-15-24)27(33)30-23-6-2-1-3-7-23/h4-5,8-13,16,19,23-24H,1-3,6-7,14-15,17-18,20H2,(H,29,32)(H,30,33)/b13-10+. The molecule has 2 heterocycles. The zero-order valence-corrected chi connectivity index (χ0v) is 19.6. The number of pyridine rings is 1. The lowest BCUT2D eigenvalue weighted by Crippen LogP contribution is -2.51. The number of benzene rings is 1. The fraction of sp³-hybridized carbons (Fsp3) is 0.444. The largest absolute Gasteiger partial charge is 0.489 e. The van der Waals surface area contributed by atoms with E-state index in [0.717, 1.165) is 42.6 Å². The van der Waals surface area contributed by atoms with Gasteiger partial charge in [-0.15, -0.1) is 0 Å². The van der Waals surface area contributed by atoms with Crippen molar-refractivity contribution in [3.05, 3.63) is 66.0 Å². The summed E-state index contributed by atoms with van der Waals surface area (Å²) in [5.41, 5.74) is 1.94. The highest BCUT2D eigenvalue weighted by Crippen LogP contribution is 2.19. The number of rotatable bonds is 7. The van der Waals surface area contributed by atoms with Gasteiger partial charge in [-0.3, -0.25) is 9.78 Å². The van der Waals surface area contributed by atoms with E-state index < -0.39 is 0 Å². The molecule has 0 bridgehead atoms. The van der Waals surface area contributed by atoms with Gasteiger partial charge < -0.3 is 20.3 Å². The Morgan fingerprint density at radius 2 is 1.71 bits per heavy atom. The van der Waals surface area contributed by atoms with Crippen LogP contribution in [0.4, 0.5) is 4.79 Å². The van der Waals surface area contributed by atoms with Crippen molar-refractivity contribution >= 4 is 18.0 Å². The van der Waals surface area contributed by atoms with Crippen molar-refractivity contribution in [3.63, 3.8) is 0 Å². The predicted octanol–water partition coefficient (Wildman–Crippen LogP) is 4.30. The lowest BCUT2D eigenvalue weighted by molar-refractivity contribution is -0.117. The first-order valence-electron chi connectivity index (χ1n) is 12.3. The molecule has 7 heteroatoms. The van der Waals surface area contributed by atoms with E-state index in [1.54, 1.807) is 24.5 Å². The maximum Gasteiger partial charge on any atom is 0.317 e. The van der Waals surface area contributed by atoms with E-state index in [2.05, 4.69) is 15.6 Å². The number of urea groups is 1. The van der Waals surface area contributed by atoms with E-state index >= 15 is 0 Å². The van der Waals surface area contributed by atoms with Gasteiger partial charge in [-0.25, -0.2) is 4.79 Å². The average Bonchev–Trinajstić information content (AvgIpc) is 2.88. The summed E-state index contributed by atoms with van der Waals surface area (Å²) in [6.07, 6.45) is 14.3. The topological polar surface area (TPSA) is 83.6 Å². The second-order valence-electron chi connectivity index (χ2n) is 9.11. The Morgan fingerprint density at radius 3 is 2.41 bits per heavy atom. The van der Waals surface area contributed by atoms with E-state index in [1.807, 2.05) is 41.3 Å². The molecule has 3 amide bonds. The number of piperidine rings is 1. The van der Waals surface area contributed by atoms with Gasteiger partial charge in [0, 0.05) is 49.2 Å². The van der Waals surface area contributed by atoms with Gasteiger partial charge >= 0.3 is 6.03 Å². The van der Waals surface area contributed by atoms with E-state index in [1.165, 1.54) is 19.3 Å². The van der Waals surface area contributed by atoms with Crippen LogP contribution in [0.2, 0.25) is 0 Å². The molecule has 0 unspecified atom stereocenters. The smallest absolute Gasteiger partial charge is 0.317 e. The van der Waals surface area contributed by atoms with Crippen LogP contribution in [0.15, 0.2) is 54.9 Å². The van der Waals surface area contributed by atoms with Crippen molar-refractivity contribution in [2.75, 3.05) is 13.1 Å². The quantitative estimate of drug-likeness (QED) is 0.601. The summed E-state index contributed by atoms with van der Waals surface area (Å²) in [6.45, 7) is 1.81. The van der Waals surface area contributed by atoms with Gasteiger partial charge in [-0.05, 0) is 55.5 Å². The third-order valence-corrected chi connectivity index (χ3v) is 6.50. The van der Waals surface area contributed by atoms with Crippen LogP contribution in [0, 0.1) is 0 Å². The highest BCUT2D eigenvalue weighted by atomic mass is 16.5. The number of carbonyl (C=O) groups excluding carboxylic acids is 2. The van der Waals surface area contributed by atoms with Crippen molar-refractivity contribution in [3.8, 4) is 5.75 Å². The zero-order valence-electron chi connectivity index (χ0n) is 19.6. The normalized spacial score (nSPS) is 17.5. The van der Waals surface area contributed by atoms with Gasteiger partial charge in [-0.2, -0.15) is 0 Å². The molecule has 34 heavy (non-hydrogen) atoms.